The molecule has 1 N–H and O–H groups in total. The largest absolute Gasteiger partial charge is 0.392 e. The second-order valence-electron chi connectivity index (χ2n) is 9.41. The molecule has 2 saturated heterocycles. The molecule has 0 aromatic heterocycles. The van der Waals surface area contributed by atoms with E-state index in [-0.39, 0.29) is 28.8 Å². The van der Waals surface area contributed by atoms with E-state index in [4.69, 9.17) is 4.74 Å². The van der Waals surface area contributed by atoms with Crippen molar-refractivity contribution in [3.05, 3.63) is 0 Å². The van der Waals surface area contributed by atoms with Gasteiger partial charge in [0.15, 0.2) is 5.60 Å². The molecule has 3 rings (SSSR count). The molecule has 1 saturated carbocycles. The van der Waals surface area contributed by atoms with Crippen LogP contribution in [-0.2, 0) is 9.53 Å². The molecule has 0 aromatic rings. The zero-order valence-corrected chi connectivity index (χ0v) is 16.2. The van der Waals surface area contributed by atoms with Crippen LogP contribution in [0.15, 0.2) is 0 Å². The summed E-state index contributed by atoms with van der Waals surface area (Å²) in [7, 11) is 1.91. The van der Waals surface area contributed by atoms with Crippen LogP contribution in [0.2, 0.25) is 0 Å². The maximum atomic E-state index is 13.2. The van der Waals surface area contributed by atoms with Gasteiger partial charge in [-0.3, -0.25) is 9.69 Å². The first-order chi connectivity index (χ1) is 11.0. The van der Waals surface area contributed by atoms with Gasteiger partial charge in [-0.1, -0.05) is 6.92 Å². The fourth-order valence-electron chi connectivity index (χ4n) is 5.41. The molecular weight excluding hydrogens is 304 g/mol. The first kappa shape index (κ1) is 18.2. The number of rotatable bonds is 3. The zero-order valence-electron chi connectivity index (χ0n) is 16.2. The number of nitrogens with zero attached hydrogens (tertiary/aromatic N) is 2. The fourth-order valence-corrected chi connectivity index (χ4v) is 5.41. The summed E-state index contributed by atoms with van der Waals surface area (Å²) in [5, 5.41) is 10.2. The number of piperidine rings is 1. The molecule has 0 radical (unpaired) electrons. The number of likely N-dealkylation sites (N-methyl/N-ethyl adjacent to an activating group) is 1. The van der Waals surface area contributed by atoms with E-state index in [2.05, 4.69) is 32.6 Å². The van der Waals surface area contributed by atoms with Crippen molar-refractivity contribution in [2.24, 2.45) is 0 Å². The van der Waals surface area contributed by atoms with Crippen molar-refractivity contribution in [1.82, 2.24) is 9.80 Å². The second kappa shape index (κ2) is 5.42. The van der Waals surface area contributed by atoms with Crippen LogP contribution >= 0.6 is 0 Å². The molecule has 0 aromatic carbocycles. The minimum absolute atomic E-state index is 0.152. The van der Waals surface area contributed by atoms with E-state index in [1.54, 1.807) is 0 Å². The molecule has 2 aliphatic heterocycles. The lowest BCUT2D eigenvalue weighted by Gasteiger charge is -2.58. The summed E-state index contributed by atoms with van der Waals surface area (Å²) in [5.41, 5.74) is -1.47. The summed E-state index contributed by atoms with van der Waals surface area (Å²) < 4.78 is 6.58. The Morgan fingerprint density at radius 1 is 1.17 bits per heavy atom. The van der Waals surface area contributed by atoms with Crippen LogP contribution in [0.5, 0.6) is 0 Å². The second-order valence-corrected chi connectivity index (χ2v) is 9.41. The highest BCUT2D eigenvalue weighted by Gasteiger charge is 2.66. The van der Waals surface area contributed by atoms with Crippen molar-refractivity contribution in [3.8, 4) is 0 Å². The van der Waals surface area contributed by atoms with Gasteiger partial charge in [0.2, 0.25) is 0 Å². The number of aliphatic hydroxyl groups is 1. The summed E-state index contributed by atoms with van der Waals surface area (Å²) in [6, 6.07) is 0. The number of aliphatic hydroxyl groups excluding tert-OH is 1. The molecule has 2 heterocycles. The van der Waals surface area contributed by atoms with E-state index in [0.29, 0.717) is 19.4 Å². The predicted molar refractivity (Wildman–Crippen MR) is 93.6 cm³/mol. The van der Waals surface area contributed by atoms with Crippen LogP contribution in [-0.4, -0.2) is 62.9 Å². The molecule has 0 bridgehead atoms. The van der Waals surface area contributed by atoms with Gasteiger partial charge < -0.3 is 14.7 Å². The monoisotopic (exact) mass is 338 g/mol. The average molecular weight is 338 g/mol. The van der Waals surface area contributed by atoms with Gasteiger partial charge in [0.05, 0.1) is 6.10 Å². The minimum Gasteiger partial charge on any atom is -0.392 e. The Kier molecular flexibility index (Phi) is 4.10. The van der Waals surface area contributed by atoms with E-state index in [1.165, 1.54) is 0 Å². The van der Waals surface area contributed by atoms with E-state index in [0.717, 1.165) is 25.7 Å². The molecule has 3 fully saturated rings. The standard InChI is InChI=1S/C19H34N2O3/c1-7-14(22)11-21-16(2,3)12-18(13-17(21,4)5)15(23)20(6)19(24-18)9-8-10-19/h14,22H,7-13H2,1-6H3. The number of carbonyl (C=O) groups excluding carboxylic acids is 1. The Bertz CT molecular complexity index is 507. The van der Waals surface area contributed by atoms with Crippen molar-refractivity contribution >= 4 is 5.91 Å². The fraction of sp³-hybridized carbons (Fsp3) is 0.947. The summed E-state index contributed by atoms with van der Waals surface area (Å²) in [6.45, 7) is 11.4. The summed E-state index contributed by atoms with van der Waals surface area (Å²) in [5.74, 6) is 0.152. The van der Waals surface area contributed by atoms with Gasteiger partial charge in [0, 0.05) is 37.5 Å². The minimum atomic E-state index is -0.712. The topological polar surface area (TPSA) is 53.0 Å². The highest BCUT2D eigenvalue weighted by atomic mass is 16.6. The average Bonchev–Trinajstić information content (AvgIpc) is 2.63. The van der Waals surface area contributed by atoms with Gasteiger partial charge >= 0.3 is 0 Å². The highest BCUT2D eigenvalue weighted by molar-refractivity contribution is 5.88. The zero-order chi connectivity index (χ0) is 18.0. The van der Waals surface area contributed by atoms with Gasteiger partial charge in [0.1, 0.15) is 5.72 Å². The Morgan fingerprint density at radius 3 is 2.08 bits per heavy atom. The number of hydrogen-bond donors (Lipinski definition) is 1. The van der Waals surface area contributed by atoms with Crippen molar-refractivity contribution in [3.63, 3.8) is 0 Å². The lowest BCUT2D eigenvalue weighted by molar-refractivity contribution is -0.219. The third-order valence-corrected chi connectivity index (χ3v) is 6.59. The lowest BCUT2D eigenvalue weighted by Crippen LogP contribution is -2.68. The van der Waals surface area contributed by atoms with Crippen LogP contribution in [0.1, 0.15) is 73.1 Å². The number of β-amino-alcohol motifs (C(OH)–C–C–N with tert-alkyl or cyclic N) is 1. The van der Waals surface area contributed by atoms with Crippen LogP contribution in [0, 0.1) is 0 Å². The first-order valence-corrected chi connectivity index (χ1v) is 9.42. The molecule has 2 spiro atoms. The molecule has 3 aliphatic rings. The van der Waals surface area contributed by atoms with E-state index >= 15 is 0 Å². The highest BCUT2D eigenvalue weighted by Crippen LogP contribution is 2.55. The number of amides is 1. The molecule has 5 heteroatoms. The molecular formula is C19H34N2O3. The van der Waals surface area contributed by atoms with Crippen LogP contribution in [0.3, 0.4) is 0 Å². The lowest BCUT2D eigenvalue weighted by atomic mass is 9.70. The smallest absolute Gasteiger partial charge is 0.257 e. The predicted octanol–water partition coefficient (Wildman–Crippen LogP) is 2.52. The number of hydrogen-bond acceptors (Lipinski definition) is 4. The number of carbonyl (C=O) groups is 1. The summed E-state index contributed by atoms with van der Waals surface area (Å²) >= 11 is 0. The number of likely N-dealkylation sites (tertiary alicyclic amines) is 1. The molecule has 24 heavy (non-hydrogen) atoms. The van der Waals surface area contributed by atoms with Gasteiger partial charge in [-0.05, 0) is 53.4 Å². The maximum absolute atomic E-state index is 13.2. The first-order valence-electron chi connectivity index (χ1n) is 9.42. The molecule has 5 nitrogen and oxygen atoms in total. The van der Waals surface area contributed by atoms with E-state index < -0.39 is 5.60 Å². The Morgan fingerprint density at radius 2 is 1.71 bits per heavy atom. The molecule has 1 unspecified atom stereocenters. The van der Waals surface area contributed by atoms with Crippen molar-refractivity contribution < 1.29 is 14.6 Å². The normalized spacial score (nSPS) is 31.5. The van der Waals surface area contributed by atoms with Crippen LogP contribution in [0.25, 0.3) is 0 Å². The third-order valence-electron chi connectivity index (χ3n) is 6.59. The maximum Gasteiger partial charge on any atom is 0.257 e. The molecule has 1 atom stereocenters. The van der Waals surface area contributed by atoms with Gasteiger partial charge in [-0.2, -0.15) is 0 Å². The Hall–Kier alpha value is -0.650. The van der Waals surface area contributed by atoms with E-state index in [1.807, 2.05) is 18.9 Å². The van der Waals surface area contributed by atoms with Crippen LogP contribution in [0.4, 0.5) is 0 Å². The molecule has 1 aliphatic carbocycles. The van der Waals surface area contributed by atoms with Crippen molar-refractivity contribution in [2.45, 2.75) is 102 Å². The van der Waals surface area contributed by atoms with Crippen molar-refractivity contribution in [2.75, 3.05) is 13.6 Å². The van der Waals surface area contributed by atoms with Gasteiger partial charge in [-0.25, -0.2) is 0 Å². The molecule has 138 valence electrons. The van der Waals surface area contributed by atoms with Crippen LogP contribution < -0.4 is 0 Å². The SMILES string of the molecule is CCC(O)CN1C(C)(C)CC2(CC1(C)C)OC1(CCC1)N(C)C2=O. The Labute approximate surface area is 146 Å². The van der Waals surface area contributed by atoms with Crippen molar-refractivity contribution in [1.29, 1.82) is 0 Å². The summed E-state index contributed by atoms with van der Waals surface area (Å²) in [4.78, 5) is 17.4. The quantitative estimate of drug-likeness (QED) is 0.859. The Balaban J connectivity index is 1.91. The number of ether oxygens (including phenoxy) is 1. The van der Waals surface area contributed by atoms with E-state index in [9.17, 15) is 9.90 Å². The van der Waals surface area contributed by atoms with Gasteiger partial charge in [0.25, 0.3) is 5.91 Å². The van der Waals surface area contributed by atoms with Gasteiger partial charge in [-0.15, -0.1) is 0 Å². The summed E-state index contributed by atoms with van der Waals surface area (Å²) in [6.07, 6.45) is 4.82. The third kappa shape index (κ3) is 2.51. The molecule has 1 amide bonds.